The van der Waals surface area contributed by atoms with Gasteiger partial charge < -0.3 is 11.1 Å². The molecular weight excluding hydrogens is 261 g/mol. The van der Waals surface area contributed by atoms with Crippen LogP contribution in [0.2, 0.25) is 0 Å². The summed E-state index contributed by atoms with van der Waals surface area (Å²) < 4.78 is 0. The van der Waals surface area contributed by atoms with Crippen LogP contribution in [0.15, 0.2) is 24.4 Å². The summed E-state index contributed by atoms with van der Waals surface area (Å²) in [5.41, 5.74) is 6.26. The molecular formula is C11H17Cl2N3O. The predicted molar refractivity (Wildman–Crippen MR) is 71.8 cm³/mol. The molecule has 0 spiro atoms. The Morgan fingerprint density at radius 1 is 1.41 bits per heavy atom. The van der Waals surface area contributed by atoms with Crippen molar-refractivity contribution in [2.75, 3.05) is 6.54 Å². The molecule has 1 amide bonds. The van der Waals surface area contributed by atoms with Crippen LogP contribution in [0.5, 0.6) is 0 Å². The second-order valence-corrected chi connectivity index (χ2v) is 4.11. The van der Waals surface area contributed by atoms with Crippen LogP contribution >= 0.6 is 24.8 Å². The minimum absolute atomic E-state index is 0. The van der Waals surface area contributed by atoms with Gasteiger partial charge in [-0.3, -0.25) is 9.78 Å². The molecule has 1 heterocycles. The summed E-state index contributed by atoms with van der Waals surface area (Å²) in [6.45, 7) is 0.544. The summed E-state index contributed by atoms with van der Waals surface area (Å²) in [5.74, 6) is -0.146. The van der Waals surface area contributed by atoms with Crippen molar-refractivity contribution in [1.29, 1.82) is 0 Å². The third-order valence-electron chi connectivity index (χ3n) is 2.85. The molecule has 1 aromatic rings. The van der Waals surface area contributed by atoms with E-state index in [1.54, 1.807) is 24.4 Å². The Labute approximate surface area is 113 Å². The van der Waals surface area contributed by atoms with Gasteiger partial charge in [0.2, 0.25) is 0 Å². The van der Waals surface area contributed by atoms with Crippen LogP contribution in [0.25, 0.3) is 0 Å². The summed E-state index contributed by atoms with van der Waals surface area (Å²) in [4.78, 5) is 15.6. The topological polar surface area (TPSA) is 68.0 Å². The average Bonchev–Trinajstić information content (AvgIpc) is 2.24. The molecule has 0 unspecified atom stereocenters. The maximum Gasteiger partial charge on any atom is 0.269 e. The SMILES string of the molecule is Cl.Cl.NC1(CNC(=O)c2ccccn2)CCC1. The second kappa shape index (κ2) is 6.79. The number of aromatic nitrogens is 1. The van der Waals surface area contributed by atoms with Crippen molar-refractivity contribution in [1.82, 2.24) is 10.3 Å². The van der Waals surface area contributed by atoms with Crippen molar-refractivity contribution in [3.63, 3.8) is 0 Å². The number of carbonyl (C=O) groups excluding carboxylic acids is 1. The van der Waals surface area contributed by atoms with Crippen molar-refractivity contribution in [3.8, 4) is 0 Å². The largest absolute Gasteiger partial charge is 0.349 e. The van der Waals surface area contributed by atoms with Gasteiger partial charge in [0.15, 0.2) is 0 Å². The molecule has 1 saturated carbocycles. The minimum atomic E-state index is -0.176. The fourth-order valence-corrected chi connectivity index (χ4v) is 1.65. The van der Waals surface area contributed by atoms with Crippen molar-refractivity contribution in [3.05, 3.63) is 30.1 Å². The highest BCUT2D eigenvalue weighted by Gasteiger charge is 2.32. The Morgan fingerprint density at radius 3 is 2.59 bits per heavy atom. The number of pyridine rings is 1. The van der Waals surface area contributed by atoms with Crippen LogP contribution in [0.4, 0.5) is 0 Å². The quantitative estimate of drug-likeness (QED) is 0.881. The molecule has 6 heteroatoms. The van der Waals surface area contributed by atoms with Gasteiger partial charge in [-0.1, -0.05) is 6.07 Å². The average molecular weight is 278 g/mol. The number of carbonyl (C=O) groups is 1. The molecule has 1 fully saturated rings. The third kappa shape index (κ3) is 4.15. The van der Waals surface area contributed by atoms with E-state index in [1.165, 1.54) is 0 Å². The van der Waals surface area contributed by atoms with Gasteiger partial charge in [0.25, 0.3) is 5.91 Å². The highest BCUT2D eigenvalue weighted by Crippen LogP contribution is 2.27. The number of halogens is 2. The van der Waals surface area contributed by atoms with E-state index in [0.29, 0.717) is 12.2 Å². The van der Waals surface area contributed by atoms with E-state index < -0.39 is 0 Å². The van der Waals surface area contributed by atoms with Crippen LogP contribution in [-0.2, 0) is 0 Å². The van der Waals surface area contributed by atoms with Crippen LogP contribution in [-0.4, -0.2) is 23.0 Å². The Morgan fingerprint density at radius 2 is 2.12 bits per heavy atom. The number of rotatable bonds is 3. The van der Waals surface area contributed by atoms with E-state index in [-0.39, 0.29) is 36.3 Å². The van der Waals surface area contributed by atoms with Gasteiger partial charge in [-0.2, -0.15) is 0 Å². The maximum atomic E-state index is 11.6. The van der Waals surface area contributed by atoms with Gasteiger partial charge in [0.05, 0.1) is 0 Å². The first-order valence-corrected chi connectivity index (χ1v) is 5.18. The van der Waals surface area contributed by atoms with Gasteiger partial charge in [0, 0.05) is 18.3 Å². The normalized spacial score (nSPS) is 15.8. The first-order valence-electron chi connectivity index (χ1n) is 5.18. The van der Waals surface area contributed by atoms with Crippen LogP contribution in [0.1, 0.15) is 29.8 Å². The fraction of sp³-hybridized carbons (Fsp3) is 0.455. The summed E-state index contributed by atoms with van der Waals surface area (Å²) in [7, 11) is 0. The predicted octanol–water partition coefficient (Wildman–Crippen LogP) is 1.54. The molecule has 96 valence electrons. The number of nitrogens with one attached hydrogen (secondary N) is 1. The second-order valence-electron chi connectivity index (χ2n) is 4.11. The number of hydrogen-bond acceptors (Lipinski definition) is 3. The van der Waals surface area contributed by atoms with E-state index in [2.05, 4.69) is 10.3 Å². The van der Waals surface area contributed by atoms with Gasteiger partial charge in [0.1, 0.15) is 5.69 Å². The van der Waals surface area contributed by atoms with Crippen LogP contribution in [0.3, 0.4) is 0 Å². The molecule has 1 aromatic heterocycles. The third-order valence-corrected chi connectivity index (χ3v) is 2.85. The molecule has 1 aliphatic rings. The van der Waals surface area contributed by atoms with E-state index in [4.69, 9.17) is 5.73 Å². The number of hydrogen-bond donors (Lipinski definition) is 2. The highest BCUT2D eigenvalue weighted by atomic mass is 35.5. The lowest BCUT2D eigenvalue weighted by Gasteiger charge is -2.38. The monoisotopic (exact) mass is 277 g/mol. The smallest absolute Gasteiger partial charge is 0.269 e. The molecule has 0 radical (unpaired) electrons. The molecule has 0 aromatic carbocycles. The van der Waals surface area contributed by atoms with Crippen molar-refractivity contribution < 1.29 is 4.79 Å². The van der Waals surface area contributed by atoms with E-state index in [1.807, 2.05) is 0 Å². The molecule has 17 heavy (non-hydrogen) atoms. The Kier molecular flexibility index (Phi) is 6.45. The Hall–Kier alpha value is -0.840. The molecule has 0 atom stereocenters. The highest BCUT2D eigenvalue weighted by molar-refractivity contribution is 5.92. The zero-order valence-corrected chi connectivity index (χ0v) is 11.0. The first kappa shape index (κ1) is 16.2. The van der Waals surface area contributed by atoms with Gasteiger partial charge >= 0.3 is 0 Å². The van der Waals surface area contributed by atoms with E-state index in [9.17, 15) is 4.79 Å². The molecule has 0 saturated heterocycles. The van der Waals surface area contributed by atoms with Crippen LogP contribution < -0.4 is 11.1 Å². The summed E-state index contributed by atoms with van der Waals surface area (Å²) in [6, 6.07) is 5.27. The van der Waals surface area contributed by atoms with Crippen LogP contribution in [0, 0.1) is 0 Å². The minimum Gasteiger partial charge on any atom is -0.349 e. The van der Waals surface area contributed by atoms with Crippen molar-refractivity contribution >= 4 is 30.7 Å². The molecule has 1 aliphatic carbocycles. The lowest BCUT2D eigenvalue weighted by molar-refractivity contribution is 0.0925. The molecule has 3 N–H and O–H groups in total. The van der Waals surface area contributed by atoms with E-state index >= 15 is 0 Å². The lowest BCUT2D eigenvalue weighted by Crippen LogP contribution is -2.55. The lowest BCUT2D eigenvalue weighted by atomic mass is 9.78. The first-order chi connectivity index (χ1) is 7.20. The molecule has 0 aliphatic heterocycles. The zero-order chi connectivity index (χ0) is 10.7. The van der Waals surface area contributed by atoms with Crippen molar-refractivity contribution in [2.24, 2.45) is 5.73 Å². The zero-order valence-electron chi connectivity index (χ0n) is 9.39. The summed E-state index contributed by atoms with van der Waals surface area (Å²) in [6.07, 6.45) is 4.76. The molecule has 4 nitrogen and oxygen atoms in total. The summed E-state index contributed by atoms with van der Waals surface area (Å²) >= 11 is 0. The van der Waals surface area contributed by atoms with Crippen molar-refractivity contribution in [2.45, 2.75) is 24.8 Å². The molecule has 0 bridgehead atoms. The van der Waals surface area contributed by atoms with Gasteiger partial charge in [-0.15, -0.1) is 24.8 Å². The standard InChI is InChI=1S/C11H15N3O.2ClH/c12-11(5-3-6-11)8-14-10(15)9-4-1-2-7-13-9;;/h1-2,4,7H,3,5-6,8,12H2,(H,14,15);2*1H. The van der Waals surface area contributed by atoms with E-state index in [0.717, 1.165) is 19.3 Å². The van der Waals surface area contributed by atoms with Gasteiger partial charge in [-0.05, 0) is 31.4 Å². The van der Waals surface area contributed by atoms with Gasteiger partial charge in [-0.25, -0.2) is 0 Å². The Bertz CT molecular complexity index is 355. The fourth-order valence-electron chi connectivity index (χ4n) is 1.65. The maximum absolute atomic E-state index is 11.6. The Balaban J connectivity index is 0.00000128. The number of amides is 1. The summed E-state index contributed by atoms with van der Waals surface area (Å²) in [5, 5.41) is 2.81. The molecule has 2 rings (SSSR count). The number of nitrogens with zero attached hydrogens (tertiary/aromatic N) is 1. The number of nitrogens with two attached hydrogens (primary N) is 1.